The second kappa shape index (κ2) is 4.16. The van der Waals surface area contributed by atoms with Crippen molar-refractivity contribution in [2.24, 2.45) is 0 Å². The van der Waals surface area contributed by atoms with E-state index in [2.05, 4.69) is 5.32 Å². The lowest BCUT2D eigenvalue weighted by molar-refractivity contribution is -0.133. The maximum absolute atomic E-state index is 13.0. The number of hydrogen-bond donors (Lipinski definition) is 1. The molecule has 1 aromatic rings. The lowest BCUT2D eigenvalue weighted by atomic mass is 10.1. The fraction of sp³-hybridized carbons (Fsp3) is 0.300. The fourth-order valence-electron chi connectivity index (χ4n) is 1.47. The van der Waals surface area contributed by atoms with E-state index < -0.39 is 5.82 Å². The Morgan fingerprint density at radius 3 is 2.87 bits per heavy atom. The van der Waals surface area contributed by atoms with Crippen molar-refractivity contribution in [3.63, 3.8) is 0 Å². The van der Waals surface area contributed by atoms with Crippen molar-refractivity contribution >= 4 is 17.5 Å². The zero-order chi connectivity index (χ0) is 10.8. The molecule has 2 rings (SSSR count). The number of carbonyl (C=O) groups is 1. The summed E-state index contributed by atoms with van der Waals surface area (Å²) in [7, 11) is 0. The molecule has 0 radical (unpaired) electrons. The van der Waals surface area contributed by atoms with Crippen LogP contribution in [0.4, 0.5) is 4.39 Å². The third kappa shape index (κ3) is 2.46. The van der Waals surface area contributed by atoms with E-state index in [9.17, 15) is 9.18 Å². The van der Waals surface area contributed by atoms with Crippen molar-refractivity contribution in [3.8, 4) is 0 Å². The summed E-state index contributed by atoms with van der Waals surface area (Å²) in [5, 5.41) is 2.96. The Morgan fingerprint density at radius 2 is 2.27 bits per heavy atom. The average molecular weight is 230 g/mol. The number of benzene rings is 1. The monoisotopic (exact) mass is 229 g/mol. The molecule has 5 heteroatoms. The van der Waals surface area contributed by atoms with E-state index in [1.807, 2.05) is 0 Å². The maximum atomic E-state index is 13.0. The van der Waals surface area contributed by atoms with Crippen LogP contribution < -0.4 is 5.32 Å². The van der Waals surface area contributed by atoms with Gasteiger partial charge in [-0.25, -0.2) is 4.39 Å². The van der Waals surface area contributed by atoms with E-state index >= 15 is 0 Å². The molecule has 0 aromatic heterocycles. The molecule has 3 nitrogen and oxygen atoms in total. The summed E-state index contributed by atoms with van der Waals surface area (Å²) in [5.74, 6) is -0.563. The van der Waals surface area contributed by atoms with Gasteiger partial charge in [-0.2, -0.15) is 0 Å². The summed E-state index contributed by atoms with van der Waals surface area (Å²) in [4.78, 5) is 10.8. The molecule has 0 aliphatic carbocycles. The second-order valence-corrected chi connectivity index (χ2v) is 3.74. The van der Waals surface area contributed by atoms with Crippen molar-refractivity contribution in [2.75, 3.05) is 13.2 Å². The van der Waals surface area contributed by atoms with Gasteiger partial charge in [0.05, 0.1) is 0 Å². The predicted octanol–water partition coefficient (Wildman–Crippen LogP) is 1.67. The smallest absolute Gasteiger partial charge is 0.246 e. The molecule has 1 heterocycles. The van der Waals surface area contributed by atoms with Gasteiger partial charge in [-0.3, -0.25) is 4.79 Å². The first-order valence-corrected chi connectivity index (χ1v) is 4.87. The number of ether oxygens (including phenoxy) is 1. The molecule has 0 saturated carbocycles. The highest BCUT2D eigenvalue weighted by molar-refractivity contribution is 6.30. The number of carbonyl (C=O) groups excluding carboxylic acids is 1. The van der Waals surface area contributed by atoms with E-state index in [4.69, 9.17) is 16.3 Å². The maximum Gasteiger partial charge on any atom is 0.246 e. The molecule has 15 heavy (non-hydrogen) atoms. The largest absolute Gasteiger partial charge is 0.362 e. The highest BCUT2D eigenvalue weighted by Crippen LogP contribution is 2.23. The van der Waals surface area contributed by atoms with Gasteiger partial charge in [-0.05, 0) is 23.8 Å². The molecule has 1 aromatic carbocycles. The van der Waals surface area contributed by atoms with E-state index in [0.717, 1.165) is 0 Å². The summed E-state index contributed by atoms with van der Waals surface area (Å²) in [6.45, 7) is 0.345. The van der Waals surface area contributed by atoms with Gasteiger partial charge in [-0.15, -0.1) is 0 Å². The Morgan fingerprint density at radius 1 is 1.47 bits per heavy atom. The SMILES string of the molecule is O=C1CO[C@@H](c2cc(F)cc(Cl)c2)CN1. The van der Waals surface area contributed by atoms with Gasteiger partial charge in [0, 0.05) is 11.6 Å². The first-order valence-electron chi connectivity index (χ1n) is 4.49. The average Bonchev–Trinajstić information content (AvgIpc) is 2.17. The fourth-order valence-corrected chi connectivity index (χ4v) is 1.70. The predicted molar refractivity (Wildman–Crippen MR) is 53.1 cm³/mol. The molecular formula is C10H9ClFNO2. The van der Waals surface area contributed by atoms with Crippen molar-refractivity contribution in [1.29, 1.82) is 0 Å². The van der Waals surface area contributed by atoms with Crippen LogP contribution in [0.25, 0.3) is 0 Å². The Hall–Kier alpha value is -1.13. The van der Waals surface area contributed by atoms with Gasteiger partial charge in [-0.1, -0.05) is 11.6 Å². The Kier molecular flexibility index (Phi) is 2.88. The van der Waals surface area contributed by atoms with Crippen molar-refractivity contribution in [2.45, 2.75) is 6.10 Å². The zero-order valence-electron chi connectivity index (χ0n) is 7.80. The molecule has 1 fully saturated rings. The molecular weight excluding hydrogens is 221 g/mol. The van der Waals surface area contributed by atoms with Crippen LogP contribution in [0.5, 0.6) is 0 Å². The van der Waals surface area contributed by atoms with Crippen LogP contribution in [0.1, 0.15) is 11.7 Å². The van der Waals surface area contributed by atoms with Gasteiger partial charge in [0.1, 0.15) is 18.5 Å². The van der Waals surface area contributed by atoms with E-state index in [0.29, 0.717) is 17.1 Å². The van der Waals surface area contributed by atoms with Gasteiger partial charge in [0.2, 0.25) is 5.91 Å². The number of hydrogen-bond acceptors (Lipinski definition) is 2. The van der Waals surface area contributed by atoms with Crippen molar-refractivity contribution in [1.82, 2.24) is 5.32 Å². The topological polar surface area (TPSA) is 38.3 Å². The van der Waals surface area contributed by atoms with Gasteiger partial charge in [0.15, 0.2) is 0 Å². The molecule has 1 aliphatic heterocycles. The number of rotatable bonds is 1. The number of nitrogens with one attached hydrogen (secondary N) is 1. The third-order valence-electron chi connectivity index (χ3n) is 2.16. The van der Waals surface area contributed by atoms with Crippen LogP contribution in [-0.2, 0) is 9.53 Å². The Bertz CT molecular complexity index is 367. The highest BCUT2D eigenvalue weighted by atomic mass is 35.5. The van der Waals surface area contributed by atoms with E-state index in [1.54, 1.807) is 6.07 Å². The molecule has 1 amide bonds. The molecule has 1 atom stereocenters. The molecule has 0 unspecified atom stereocenters. The highest BCUT2D eigenvalue weighted by Gasteiger charge is 2.20. The molecule has 1 aliphatic rings. The molecule has 0 spiro atoms. The summed E-state index contributed by atoms with van der Waals surface area (Å²) in [6.07, 6.45) is -0.323. The number of halogens is 2. The minimum absolute atomic E-state index is 0.00119. The molecule has 1 saturated heterocycles. The first-order chi connectivity index (χ1) is 7.15. The van der Waals surface area contributed by atoms with Gasteiger partial charge >= 0.3 is 0 Å². The minimum Gasteiger partial charge on any atom is -0.362 e. The van der Waals surface area contributed by atoms with Crippen LogP contribution in [0.3, 0.4) is 0 Å². The van der Waals surface area contributed by atoms with Crippen LogP contribution in [-0.4, -0.2) is 19.1 Å². The quantitative estimate of drug-likeness (QED) is 0.796. The van der Waals surface area contributed by atoms with Crippen LogP contribution in [0.15, 0.2) is 18.2 Å². The normalized spacial score (nSPS) is 21.2. The van der Waals surface area contributed by atoms with Gasteiger partial charge < -0.3 is 10.1 Å². The summed E-state index contributed by atoms with van der Waals surface area (Å²) in [6, 6.07) is 4.22. The van der Waals surface area contributed by atoms with Crippen LogP contribution in [0, 0.1) is 5.82 Å². The van der Waals surface area contributed by atoms with Crippen molar-refractivity contribution in [3.05, 3.63) is 34.6 Å². The van der Waals surface area contributed by atoms with Crippen LogP contribution in [0.2, 0.25) is 5.02 Å². The van der Waals surface area contributed by atoms with E-state index in [-0.39, 0.29) is 18.6 Å². The lowest BCUT2D eigenvalue weighted by Crippen LogP contribution is -2.38. The lowest BCUT2D eigenvalue weighted by Gasteiger charge is -2.23. The number of morpholine rings is 1. The third-order valence-corrected chi connectivity index (χ3v) is 2.38. The second-order valence-electron chi connectivity index (χ2n) is 3.31. The standard InChI is InChI=1S/C10H9ClFNO2/c11-7-1-6(2-8(12)3-7)9-4-13-10(14)5-15-9/h1-3,9H,4-5H2,(H,13,14)/t9-/m1/s1. The molecule has 80 valence electrons. The van der Waals surface area contributed by atoms with Gasteiger partial charge in [0.25, 0.3) is 0 Å². The minimum atomic E-state index is -0.405. The first kappa shape index (κ1) is 10.4. The number of amides is 1. The summed E-state index contributed by atoms with van der Waals surface area (Å²) in [5.41, 5.74) is 0.639. The zero-order valence-corrected chi connectivity index (χ0v) is 8.55. The van der Waals surface area contributed by atoms with Crippen molar-refractivity contribution < 1.29 is 13.9 Å². The summed E-state index contributed by atoms with van der Waals surface area (Å²) >= 11 is 5.72. The summed E-state index contributed by atoms with van der Waals surface area (Å²) < 4.78 is 18.3. The van der Waals surface area contributed by atoms with Crippen LogP contribution >= 0.6 is 11.6 Å². The molecule has 0 bridgehead atoms. The molecule has 1 N–H and O–H groups in total. The van der Waals surface area contributed by atoms with E-state index in [1.165, 1.54) is 12.1 Å². The Labute approximate surface area is 91.2 Å². The Balaban J connectivity index is 2.18.